The Morgan fingerprint density at radius 3 is 2.55 bits per heavy atom. The average molecular weight is 459 g/mol. The number of aryl methyl sites for hydroxylation is 1. The van der Waals surface area contributed by atoms with E-state index in [2.05, 4.69) is 31.3 Å². The number of hydrogen-bond donors (Lipinski definition) is 1. The molecule has 0 aliphatic rings. The van der Waals surface area contributed by atoms with E-state index in [1.807, 2.05) is 45.0 Å². The molecule has 2 heterocycles. The van der Waals surface area contributed by atoms with E-state index >= 15 is 0 Å². The van der Waals surface area contributed by atoms with Crippen LogP contribution < -0.4 is 5.32 Å². The van der Waals surface area contributed by atoms with Crippen molar-refractivity contribution in [1.29, 1.82) is 0 Å². The highest BCUT2D eigenvalue weighted by atomic mass is 79.9. The largest absolute Gasteiger partial charge is 0.469 e. The summed E-state index contributed by atoms with van der Waals surface area (Å²) in [4.78, 5) is 29.6. The smallest absolute Gasteiger partial charge is 0.307 e. The molecule has 1 amide bonds. The van der Waals surface area contributed by atoms with Gasteiger partial charge in [0.2, 0.25) is 0 Å². The van der Waals surface area contributed by atoms with Crippen LogP contribution in [0.1, 0.15) is 54.0 Å². The number of methoxy groups -OCH3 is 1. The number of amides is 1. The van der Waals surface area contributed by atoms with Crippen molar-refractivity contribution in [3.63, 3.8) is 0 Å². The second-order valence-corrected chi connectivity index (χ2v) is 8.00. The minimum atomic E-state index is -0.522. The lowest BCUT2D eigenvalue weighted by atomic mass is 10.0. The first-order valence-corrected chi connectivity index (χ1v) is 10.1. The molecular formula is C21H23BrN4O3. The third-order valence-corrected chi connectivity index (χ3v) is 5.13. The number of halogens is 1. The second kappa shape index (κ2) is 8.73. The molecule has 1 N–H and O–H groups in total. The van der Waals surface area contributed by atoms with Crippen LogP contribution >= 0.6 is 15.9 Å². The maximum absolute atomic E-state index is 13.2. The summed E-state index contributed by atoms with van der Waals surface area (Å²) in [5.74, 6) is -0.692. The molecular weight excluding hydrogens is 436 g/mol. The first kappa shape index (κ1) is 21.0. The molecule has 1 unspecified atom stereocenters. The molecule has 7 nitrogen and oxygen atoms in total. The zero-order valence-electron chi connectivity index (χ0n) is 16.8. The van der Waals surface area contributed by atoms with Crippen LogP contribution in [0.2, 0.25) is 0 Å². The molecule has 0 bridgehead atoms. The molecule has 29 heavy (non-hydrogen) atoms. The van der Waals surface area contributed by atoms with Crippen LogP contribution in [0.4, 0.5) is 0 Å². The van der Waals surface area contributed by atoms with E-state index in [0.717, 1.165) is 15.7 Å². The van der Waals surface area contributed by atoms with Gasteiger partial charge in [-0.2, -0.15) is 5.10 Å². The third-order valence-electron chi connectivity index (χ3n) is 4.60. The van der Waals surface area contributed by atoms with Crippen molar-refractivity contribution < 1.29 is 14.3 Å². The summed E-state index contributed by atoms with van der Waals surface area (Å²) >= 11 is 3.40. The molecule has 0 aliphatic heterocycles. The molecule has 0 aliphatic carbocycles. The summed E-state index contributed by atoms with van der Waals surface area (Å²) in [6, 6.07) is 8.80. The van der Waals surface area contributed by atoms with Crippen LogP contribution in [0.15, 0.2) is 41.0 Å². The maximum Gasteiger partial charge on any atom is 0.307 e. The van der Waals surface area contributed by atoms with E-state index in [0.29, 0.717) is 16.6 Å². The minimum absolute atomic E-state index is 0.0301. The van der Waals surface area contributed by atoms with E-state index in [1.54, 1.807) is 16.9 Å². The van der Waals surface area contributed by atoms with Crippen LogP contribution in [0.3, 0.4) is 0 Å². The average Bonchev–Trinajstić information content (AvgIpc) is 3.11. The molecule has 1 aromatic carbocycles. The standard InChI is InChI=1S/C21H23BrN4O3/c1-12(2)26-20-17(11-23-26)16(9-13(3)24-20)21(28)25-18(10-19(27)29-4)14-5-7-15(22)8-6-14/h5-9,11-12,18H,10H2,1-4H3,(H,25,28). The van der Waals surface area contributed by atoms with Gasteiger partial charge in [-0.3, -0.25) is 9.59 Å². The zero-order chi connectivity index (χ0) is 21.1. The zero-order valence-corrected chi connectivity index (χ0v) is 18.4. The fourth-order valence-corrected chi connectivity index (χ4v) is 3.41. The molecule has 2 aromatic heterocycles. The predicted molar refractivity (Wildman–Crippen MR) is 114 cm³/mol. The predicted octanol–water partition coefficient (Wildman–Crippen LogP) is 4.12. The van der Waals surface area contributed by atoms with Gasteiger partial charge in [-0.1, -0.05) is 28.1 Å². The molecule has 0 saturated heterocycles. The van der Waals surface area contributed by atoms with Crippen molar-refractivity contribution in [2.75, 3.05) is 7.11 Å². The summed E-state index contributed by atoms with van der Waals surface area (Å²) in [7, 11) is 1.33. The van der Waals surface area contributed by atoms with Crippen LogP contribution in [0.25, 0.3) is 11.0 Å². The van der Waals surface area contributed by atoms with Gasteiger partial charge >= 0.3 is 5.97 Å². The molecule has 3 aromatic rings. The van der Waals surface area contributed by atoms with Gasteiger partial charge in [0.05, 0.1) is 36.7 Å². The molecule has 8 heteroatoms. The van der Waals surface area contributed by atoms with Crippen molar-refractivity contribution in [3.05, 3.63) is 57.8 Å². The van der Waals surface area contributed by atoms with E-state index in [9.17, 15) is 9.59 Å². The Morgan fingerprint density at radius 1 is 1.24 bits per heavy atom. The number of carbonyl (C=O) groups is 2. The topological polar surface area (TPSA) is 86.1 Å². The van der Waals surface area contributed by atoms with Crippen molar-refractivity contribution >= 4 is 38.8 Å². The molecule has 1 atom stereocenters. The number of nitrogens with zero attached hydrogens (tertiary/aromatic N) is 3. The van der Waals surface area contributed by atoms with Gasteiger partial charge < -0.3 is 10.1 Å². The van der Waals surface area contributed by atoms with Gasteiger partial charge in [0.25, 0.3) is 5.91 Å². The molecule has 0 spiro atoms. The normalized spacial score (nSPS) is 12.2. The number of hydrogen-bond acceptors (Lipinski definition) is 5. The van der Waals surface area contributed by atoms with Crippen molar-refractivity contribution in [2.45, 2.75) is 39.3 Å². The van der Waals surface area contributed by atoms with E-state index in [1.165, 1.54) is 7.11 Å². The number of fused-ring (bicyclic) bond motifs is 1. The Kier molecular flexibility index (Phi) is 6.32. The summed E-state index contributed by atoms with van der Waals surface area (Å²) in [5.41, 5.74) is 2.68. The van der Waals surface area contributed by atoms with Crippen molar-refractivity contribution in [1.82, 2.24) is 20.1 Å². The summed E-state index contributed by atoms with van der Waals surface area (Å²) < 4.78 is 7.51. The van der Waals surface area contributed by atoms with E-state index in [4.69, 9.17) is 4.74 Å². The monoisotopic (exact) mass is 458 g/mol. The SMILES string of the molecule is COC(=O)CC(NC(=O)c1cc(C)nc2c1cnn2C(C)C)c1ccc(Br)cc1. The van der Waals surface area contributed by atoms with Crippen LogP contribution in [-0.2, 0) is 9.53 Å². The van der Waals surface area contributed by atoms with Crippen LogP contribution in [0, 0.1) is 6.92 Å². The number of rotatable bonds is 6. The van der Waals surface area contributed by atoms with Crippen LogP contribution in [0.5, 0.6) is 0 Å². The van der Waals surface area contributed by atoms with Crippen molar-refractivity contribution in [2.24, 2.45) is 0 Å². The van der Waals surface area contributed by atoms with Gasteiger partial charge in [-0.05, 0) is 44.5 Å². The lowest BCUT2D eigenvalue weighted by Gasteiger charge is -2.19. The lowest BCUT2D eigenvalue weighted by molar-refractivity contribution is -0.141. The van der Waals surface area contributed by atoms with Crippen molar-refractivity contribution in [3.8, 4) is 0 Å². The highest BCUT2D eigenvalue weighted by Crippen LogP contribution is 2.24. The number of carbonyl (C=O) groups excluding carboxylic acids is 2. The number of ether oxygens (including phenoxy) is 1. The number of aromatic nitrogens is 3. The fraction of sp³-hybridized carbons (Fsp3) is 0.333. The van der Waals surface area contributed by atoms with Gasteiger partial charge in [-0.15, -0.1) is 0 Å². The fourth-order valence-electron chi connectivity index (χ4n) is 3.14. The van der Waals surface area contributed by atoms with Gasteiger partial charge in [0.1, 0.15) is 0 Å². The molecule has 0 saturated carbocycles. The highest BCUT2D eigenvalue weighted by Gasteiger charge is 2.22. The Morgan fingerprint density at radius 2 is 1.93 bits per heavy atom. The van der Waals surface area contributed by atoms with Crippen LogP contribution in [-0.4, -0.2) is 33.8 Å². The first-order chi connectivity index (χ1) is 13.8. The number of esters is 1. The quantitative estimate of drug-likeness (QED) is 0.561. The Labute approximate surface area is 177 Å². The summed E-state index contributed by atoms with van der Waals surface area (Å²) in [5, 5.41) is 8.03. The Bertz CT molecular complexity index is 1040. The van der Waals surface area contributed by atoms with Gasteiger partial charge in [-0.25, -0.2) is 9.67 Å². The maximum atomic E-state index is 13.2. The summed E-state index contributed by atoms with van der Waals surface area (Å²) in [6.07, 6.45) is 1.69. The molecule has 0 radical (unpaired) electrons. The van der Waals surface area contributed by atoms with Gasteiger partial charge in [0, 0.05) is 16.2 Å². The highest BCUT2D eigenvalue weighted by molar-refractivity contribution is 9.10. The second-order valence-electron chi connectivity index (χ2n) is 7.09. The Balaban J connectivity index is 1.97. The summed E-state index contributed by atoms with van der Waals surface area (Å²) in [6.45, 7) is 5.86. The number of pyridine rings is 1. The minimum Gasteiger partial charge on any atom is -0.469 e. The lowest BCUT2D eigenvalue weighted by Crippen LogP contribution is -2.30. The molecule has 0 fully saturated rings. The van der Waals surface area contributed by atoms with E-state index in [-0.39, 0.29) is 18.4 Å². The third kappa shape index (κ3) is 4.64. The molecule has 152 valence electrons. The van der Waals surface area contributed by atoms with E-state index < -0.39 is 12.0 Å². The molecule has 3 rings (SSSR count). The first-order valence-electron chi connectivity index (χ1n) is 9.28. The number of nitrogens with one attached hydrogen (secondary N) is 1. The Hall–Kier alpha value is -2.74. The number of benzene rings is 1. The van der Waals surface area contributed by atoms with Gasteiger partial charge in [0.15, 0.2) is 5.65 Å².